The Bertz CT molecular complexity index is 867. The zero-order valence-corrected chi connectivity index (χ0v) is 15.9. The van der Waals surface area contributed by atoms with Gasteiger partial charge in [-0.1, -0.05) is 36.4 Å². The molecule has 1 aliphatic heterocycles. The monoisotopic (exact) mass is 361 g/mol. The number of pyridine rings is 1. The Balaban J connectivity index is 1.48. The van der Waals surface area contributed by atoms with Crippen LogP contribution in [0.4, 0.5) is 0 Å². The molecule has 2 heterocycles. The average Bonchev–Trinajstić information content (AvgIpc) is 3.26. The van der Waals surface area contributed by atoms with Crippen LogP contribution in [-0.4, -0.2) is 36.6 Å². The van der Waals surface area contributed by atoms with Crippen molar-refractivity contribution in [3.63, 3.8) is 0 Å². The minimum atomic E-state index is 0.390. The van der Waals surface area contributed by atoms with Crippen molar-refractivity contribution < 1.29 is 4.74 Å². The number of nitrogens with zero attached hydrogens (tertiary/aromatic N) is 2. The lowest BCUT2D eigenvalue weighted by molar-refractivity contribution is 0.238. The van der Waals surface area contributed by atoms with Crippen LogP contribution < -0.4 is 10.1 Å². The third-order valence-corrected chi connectivity index (χ3v) is 5.45. The first-order valence-electron chi connectivity index (χ1n) is 9.76. The predicted molar refractivity (Wildman–Crippen MR) is 110 cm³/mol. The molecule has 4 rings (SSSR count). The van der Waals surface area contributed by atoms with Crippen LogP contribution in [0.5, 0.6) is 5.75 Å². The first kappa shape index (κ1) is 18.0. The summed E-state index contributed by atoms with van der Waals surface area (Å²) in [5.74, 6) is 0.911. The number of ether oxygens (including phenoxy) is 1. The van der Waals surface area contributed by atoms with Crippen molar-refractivity contribution in [2.45, 2.75) is 25.4 Å². The normalized spacial score (nSPS) is 15.9. The van der Waals surface area contributed by atoms with Gasteiger partial charge in [0.2, 0.25) is 0 Å². The maximum Gasteiger partial charge on any atom is 0.118 e. The molecule has 1 saturated heterocycles. The molecule has 2 aromatic carbocycles. The standard InChI is InChI=1S/C23H27N3O/c1-27-21-11-9-18(10-12-21)22(26-14-2-3-15-26)17-24-16-20-7-4-6-19-8-5-13-25-23(19)20/h4-13,22,24H,2-3,14-17H2,1H3. The van der Waals surface area contributed by atoms with Gasteiger partial charge in [0.15, 0.2) is 0 Å². The Kier molecular flexibility index (Phi) is 5.66. The number of hydrogen-bond donors (Lipinski definition) is 1. The molecule has 1 aromatic heterocycles. The van der Waals surface area contributed by atoms with Crippen LogP contribution in [-0.2, 0) is 6.54 Å². The van der Waals surface area contributed by atoms with E-state index in [9.17, 15) is 0 Å². The fourth-order valence-corrected chi connectivity index (χ4v) is 3.99. The predicted octanol–water partition coefficient (Wildman–Crippen LogP) is 4.17. The van der Waals surface area contributed by atoms with Gasteiger partial charge in [0.1, 0.15) is 5.75 Å². The lowest BCUT2D eigenvalue weighted by atomic mass is 10.0. The first-order chi connectivity index (χ1) is 13.3. The summed E-state index contributed by atoms with van der Waals surface area (Å²) >= 11 is 0. The maximum absolute atomic E-state index is 5.32. The number of rotatable bonds is 7. The highest BCUT2D eigenvalue weighted by Gasteiger charge is 2.23. The minimum absolute atomic E-state index is 0.390. The van der Waals surface area contributed by atoms with Crippen molar-refractivity contribution in [2.75, 3.05) is 26.7 Å². The van der Waals surface area contributed by atoms with Crippen LogP contribution in [0.25, 0.3) is 10.9 Å². The van der Waals surface area contributed by atoms with Gasteiger partial charge in [-0.05, 0) is 55.3 Å². The summed E-state index contributed by atoms with van der Waals surface area (Å²) in [4.78, 5) is 7.16. The fourth-order valence-electron chi connectivity index (χ4n) is 3.99. The van der Waals surface area contributed by atoms with Crippen molar-refractivity contribution in [3.05, 3.63) is 71.9 Å². The van der Waals surface area contributed by atoms with Gasteiger partial charge in [-0.15, -0.1) is 0 Å². The second kappa shape index (κ2) is 8.51. The van der Waals surface area contributed by atoms with Crippen molar-refractivity contribution >= 4 is 10.9 Å². The summed E-state index contributed by atoms with van der Waals surface area (Å²) in [6.07, 6.45) is 4.45. The summed E-state index contributed by atoms with van der Waals surface area (Å²) in [6, 6.07) is 19.4. The molecule has 0 amide bonds. The summed E-state index contributed by atoms with van der Waals surface area (Å²) in [5.41, 5.74) is 3.69. The van der Waals surface area contributed by atoms with Crippen LogP contribution in [0.3, 0.4) is 0 Å². The summed E-state index contributed by atoms with van der Waals surface area (Å²) < 4.78 is 5.32. The number of nitrogens with one attached hydrogen (secondary N) is 1. The number of likely N-dealkylation sites (tertiary alicyclic amines) is 1. The Hall–Kier alpha value is -2.43. The largest absolute Gasteiger partial charge is 0.497 e. The van der Waals surface area contributed by atoms with Gasteiger partial charge in [-0.2, -0.15) is 0 Å². The van der Waals surface area contributed by atoms with E-state index in [1.807, 2.05) is 12.3 Å². The van der Waals surface area contributed by atoms with Crippen LogP contribution in [0.2, 0.25) is 0 Å². The smallest absolute Gasteiger partial charge is 0.118 e. The highest BCUT2D eigenvalue weighted by atomic mass is 16.5. The first-order valence-corrected chi connectivity index (χ1v) is 9.76. The highest BCUT2D eigenvalue weighted by molar-refractivity contribution is 5.81. The Labute approximate surface area is 161 Å². The zero-order valence-electron chi connectivity index (χ0n) is 15.9. The van der Waals surface area contributed by atoms with E-state index in [-0.39, 0.29) is 0 Å². The molecule has 1 aliphatic rings. The molecule has 1 N–H and O–H groups in total. The average molecular weight is 361 g/mol. The molecule has 0 bridgehead atoms. The molecular weight excluding hydrogens is 334 g/mol. The van der Waals surface area contributed by atoms with E-state index in [4.69, 9.17) is 4.74 Å². The van der Waals surface area contributed by atoms with Crippen molar-refractivity contribution in [1.29, 1.82) is 0 Å². The molecule has 0 radical (unpaired) electrons. The number of benzene rings is 2. The Morgan fingerprint density at radius 3 is 2.59 bits per heavy atom. The molecule has 4 heteroatoms. The van der Waals surface area contributed by atoms with Crippen molar-refractivity contribution in [1.82, 2.24) is 15.2 Å². The van der Waals surface area contributed by atoms with Crippen LogP contribution in [0, 0.1) is 0 Å². The van der Waals surface area contributed by atoms with Gasteiger partial charge in [0.05, 0.1) is 12.6 Å². The maximum atomic E-state index is 5.32. The molecule has 0 aliphatic carbocycles. The van der Waals surface area contributed by atoms with Crippen LogP contribution in [0.15, 0.2) is 60.8 Å². The summed E-state index contributed by atoms with van der Waals surface area (Å²) in [7, 11) is 1.72. The van der Waals surface area contributed by atoms with E-state index >= 15 is 0 Å². The lowest BCUT2D eigenvalue weighted by Crippen LogP contribution is -2.34. The van der Waals surface area contributed by atoms with E-state index in [2.05, 4.69) is 63.7 Å². The number of hydrogen-bond acceptors (Lipinski definition) is 4. The quantitative estimate of drug-likeness (QED) is 0.685. The lowest BCUT2D eigenvalue weighted by Gasteiger charge is -2.28. The van der Waals surface area contributed by atoms with Gasteiger partial charge in [0, 0.05) is 30.7 Å². The Morgan fingerprint density at radius 1 is 1.04 bits per heavy atom. The second-order valence-corrected chi connectivity index (χ2v) is 7.16. The van der Waals surface area contributed by atoms with Crippen LogP contribution in [0.1, 0.15) is 30.0 Å². The number of fused-ring (bicyclic) bond motifs is 1. The molecular formula is C23H27N3O. The highest BCUT2D eigenvalue weighted by Crippen LogP contribution is 2.26. The molecule has 1 fully saturated rings. The van der Waals surface area contributed by atoms with E-state index in [1.165, 1.54) is 42.4 Å². The van der Waals surface area contributed by atoms with Crippen molar-refractivity contribution in [2.24, 2.45) is 0 Å². The van der Waals surface area contributed by atoms with E-state index < -0.39 is 0 Å². The van der Waals surface area contributed by atoms with Gasteiger partial charge in [-0.25, -0.2) is 0 Å². The molecule has 1 atom stereocenters. The minimum Gasteiger partial charge on any atom is -0.497 e. The molecule has 1 unspecified atom stereocenters. The molecule has 3 aromatic rings. The fraction of sp³-hybridized carbons (Fsp3) is 0.348. The van der Waals surface area contributed by atoms with Gasteiger partial charge in [0.25, 0.3) is 0 Å². The third kappa shape index (κ3) is 4.12. The van der Waals surface area contributed by atoms with E-state index in [0.29, 0.717) is 6.04 Å². The Morgan fingerprint density at radius 2 is 1.81 bits per heavy atom. The third-order valence-electron chi connectivity index (χ3n) is 5.45. The summed E-state index contributed by atoms with van der Waals surface area (Å²) in [5, 5.41) is 4.88. The van der Waals surface area contributed by atoms with Gasteiger partial charge < -0.3 is 10.1 Å². The molecule has 27 heavy (non-hydrogen) atoms. The SMILES string of the molecule is COc1ccc(C(CNCc2cccc3cccnc23)N2CCCC2)cc1. The van der Waals surface area contributed by atoms with E-state index in [1.54, 1.807) is 7.11 Å². The molecule has 4 nitrogen and oxygen atoms in total. The van der Waals surface area contributed by atoms with E-state index in [0.717, 1.165) is 24.4 Å². The van der Waals surface area contributed by atoms with Gasteiger partial charge >= 0.3 is 0 Å². The number of methoxy groups -OCH3 is 1. The molecule has 0 spiro atoms. The summed E-state index contributed by atoms with van der Waals surface area (Å²) in [6.45, 7) is 4.10. The molecule has 140 valence electrons. The number of para-hydroxylation sites is 1. The topological polar surface area (TPSA) is 37.4 Å². The molecule has 0 saturated carbocycles. The van der Waals surface area contributed by atoms with Gasteiger partial charge in [-0.3, -0.25) is 9.88 Å². The van der Waals surface area contributed by atoms with Crippen molar-refractivity contribution in [3.8, 4) is 5.75 Å². The van der Waals surface area contributed by atoms with Crippen LogP contribution >= 0.6 is 0 Å². The zero-order chi connectivity index (χ0) is 18.5. The number of aromatic nitrogens is 1. The second-order valence-electron chi connectivity index (χ2n) is 7.16.